The minimum absolute atomic E-state index is 0.0328. The Bertz CT molecular complexity index is 866. The molecule has 0 radical (unpaired) electrons. The number of hydrogen-bond donors (Lipinski definition) is 2. The first-order valence-electron chi connectivity index (χ1n) is 8.52. The molecule has 7 nitrogen and oxygen atoms in total. The maximum atomic E-state index is 12.0. The summed E-state index contributed by atoms with van der Waals surface area (Å²) in [5.74, 6) is 0.543. The number of carbonyl (C=O) groups is 2. The molecule has 0 saturated heterocycles. The van der Waals surface area contributed by atoms with Gasteiger partial charge >= 0.3 is 0 Å². The normalized spacial score (nSPS) is 10.9. The molecule has 0 spiro atoms. The molecule has 2 rings (SSSR count). The molecule has 2 aromatic rings. The summed E-state index contributed by atoms with van der Waals surface area (Å²) in [6.07, 6.45) is 0.0328. The predicted molar refractivity (Wildman–Crippen MR) is 109 cm³/mol. The molecular weight excluding hydrogens is 382 g/mol. The average molecular weight is 404 g/mol. The molecule has 0 aromatic heterocycles. The van der Waals surface area contributed by atoms with E-state index < -0.39 is 5.91 Å². The Morgan fingerprint density at radius 2 is 1.75 bits per heavy atom. The van der Waals surface area contributed by atoms with E-state index in [-0.39, 0.29) is 18.9 Å². The first kappa shape index (κ1) is 21.2. The molecule has 2 amide bonds. The van der Waals surface area contributed by atoms with Gasteiger partial charge in [0, 0.05) is 16.4 Å². The van der Waals surface area contributed by atoms with Crippen molar-refractivity contribution >= 4 is 34.8 Å². The van der Waals surface area contributed by atoms with E-state index in [0.717, 1.165) is 5.56 Å². The van der Waals surface area contributed by atoms with Crippen molar-refractivity contribution in [3.05, 3.63) is 53.1 Å². The Kier molecular flexibility index (Phi) is 7.83. The predicted octanol–water partition coefficient (Wildman–Crippen LogP) is 3.56. The molecule has 0 atom stereocenters. The number of hydrazone groups is 1. The molecule has 0 aliphatic carbocycles. The molecule has 0 fully saturated rings. The highest BCUT2D eigenvalue weighted by molar-refractivity contribution is 6.31. The second kappa shape index (κ2) is 10.3. The van der Waals surface area contributed by atoms with Gasteiger partial charge in [-0.2, -0.15) is 5.10 Å². The smallest absolute Gasteiger partial charge is 0.277 e. The minimum Gasteiger partial charge on any atom is -0.497 e. The van der Waals surface area contributed by atoms with Crippen LogP contribution in [0.3, 0.4) is 0 Å². The molecule has 8 heteroatoms. The lowest BCUT2D eigenvalue weighted by Crippen LogP contribution is -2.26. The standard InChI is InChI=1S/C20H22ClN3O4/c1-13-4-5-15(11-18(13)21)22-19(25)10-14(2)23-24-20(26)12-28-17-8-6-16(27-3)7-9-17/h4-9,11H,10,12H2,1-3H3,(H,22,25)(H,24,26). The number of benzene rings is 2. The van der Waals surface area contributed by atoms with E-state index in [4.69, 9.17) is 21.1 Å². The summed E-state index contributed by atoms with van der Waals surface area (Å²) < 4.78 is 10.4. The average Bonchev–Trinajstić information content (AvgIpc) is 2.68. The summed E-state index contributed by atoms with van der Waals surface area (Å²) in [7, 11) is 1.57. The molecule has 0 saturated carbocycles. The molecule has 0 heterocycles. The van der Waals surface area contributed by atoms with Gasteiger partial charge in [0.05, 0.1) is 13.5 Å². The number of methoxy groups -OCH3 is 1. The van der Waals surface area contributed by atoms with Crippen molar-refractivity contribution in [2.75, 3.05) is 19.0 Å². The van der Waals surface area contributed by atoms with Crippen molar-refractivity contribution < 1.29 is 19.1 Å². The fraction of sp³-hybridized carbons (Fsp3) is 0.250. The van der Waals surface area contributed by atoms with E-state index in [1.807, 2.05) is 13.0 Å². The number of carbonyl (C=O) groups excluding carboxylic acids is 2. The monoisotopic (exact) mass is 403 g/mol. The molecule has 0 unspecified atom stereocenters. The maximum absolute atomic E-state index is 12.0. The highest BCUT2D eigenvalue weighted by Gasteiger charge is 2.07. The number of ether oxygens (including phenoxy) is 2. The van der Waals surface area contributed by atoms with Crippen LogP contribution >= 0.6 is 11.6 Å². The highest BCUT2D eigenvalue weighted by atomic mass is 35.5. The Hall–Kier alpha value is -3.06. The van der Waals surface area contributed by atoms with Crippen molar-refractivity contribution in [1.29, 1.82) is 0 Å². The van der Waals surface area contributed by atoms with Gasteiger partial charge in [0.1, 0.15) is 11.5 Å². The zero-order chi connectivity index (χ0) is 20.5. The Labute approximate surface area is 168 Å². The Morgan fingerprint density at radius 1 is 1.07 bits per heavy atom. The SMILES string of the molecule is COc1ccc(OCC(=O)NN=C(C)CC(=O)Nc2ccc(C)c(Cl)c2)cc1. The molecule has 148 valence electrons. The van der Waals surface area contributed by atoms with Crippen LogP contribution in [0.15, 0.2) is 47.6 Å². The van der Waals surface area contributed by atoms with Crippen LogP contribution in [0.25, 0.3) is 0 Å². The number of amides is 2. The van der Waals surface area contributed by atoms with Crippen molar-refractivity contribution in [2.24, 2.45) is 5.10 Å². The number of rotatable bonds is 8. The summed E-state index contributed by atoms with van der Waals surface area (Å²) >= 11 is 6.04. The summed E-state index contributed by atoms with van der Waals surface area (Å²) in [6, 6.07) is 12.1. The van der Waals surface area contributed by atoms with Crippen molar-refractivity contribution in [2.45, 2.75) is 20.3 Å². The van der Waals surface area contributed by atoms with Gasteiger partial charge in [-0.25, -0.2) is 5.43 Å². The molecule has 28 heavy (non-hydrogen) atoms. The first-order valence-corrected chi connectivity index (χ1v) is 8.90. The van der Waals surface area contributed by atoms with Gasteiger partial charge in [-0.3, -0.25) is 9.59 Å². The lowest BCUT2D eigenvalue weighted by molar-refractivity contribution is -0.123. The van der Waals surface area contributed by atoms with Gasteiger partial charge in [-0.15, -0.1) is 0 Å². The van der Waals surface area contributed by atoms with E-state index >= 15 is 0 Å². The zero-order valence-electron chi connectivity index (χ0n) is 15.9. The summed E-state index contributed by atoms with van der Waals surface area (Å²) in [5.41, 5.74) is 4.34. The first-order chi connectivity index (χ1) is 13.4. The van der Waals surface area contributed by atoms with Crippen LogP contribution < -0.4 is 20.2 Å². The number of hydrogen-bond acceptors (Lipinski definition) is 5. The zero-order valence-corrected chi connectivity index (χ0v) is 16.7. The second-order valence-electron chi connectivity index (χ2n) is 6.04. The van der Waals surface area contributed by atoms with E-state index in [1.54, 1.807) is 50.4 Å². The third-order valence-corrected chi connectivity index (χ3v) is 4.08. The van der Waals surface area contributed by atoms with Gasteiger partial charge in [-0.05, 0) is 55.8 Å². The largest absolute Gasteiger partial charge is 0.497 e. The van der Waals surface area contributed by atoms with Crippen molar-refractivity contribution in [1.82, 2.24) is 5.43 Å². The number of nitrogens with one attached hydrogen (secondary N) is 2. The van der Waals surface area contributed by atoms with Gasteiger partial charge in [0.2, 0.25) is 5.91 Å². The number of nitrogens with zero attached hydrogens (tertiary/aromatic N) is 1. The third kappa shape index (κ3) is 6.92. The Balaban J connectivity index is 1.76. The maximum Gasteiger partial charge on any atom is 0.277 e. The van der Waals surface area contributed by atoms with E-state index in [1.165, 1.54) is 0 Å². The number of halogens is 1. The number of anilines is 1. The van der Waals surface area contributed by atoms with Crippen molar-refractivity contribution in [3.8, 4) is 11.5 Å². The van der Waals surface area contributed by atoms with Gasteiger partial charge in [0.15, 0.2) is 6.61 Å². The van der Waals surface area contributed by atoms with E-state index in [9.17, 15) is 9.59 Å². The van der Waals surface area contributed by atoms with Crippen molar-refractivity contribution in [3.63, 3.8) is 0 Å². The molecule has 0 aliphatic heterocycles. The summed E-state index contributed by atoms with van der Waals surface area (Å²) in [4.78, 5) is 23.9. The quantitative estimate of drug-likeness (QED) is 0.521. The number of aryl methyl sites for hydroxylation is 1. The van der Waals surface area contributed by atoms with Crippen LogP contribution in [-0.2, 0) is 9.59 Å². The van der Waals surface area contributed by atoms with Crippen LogP contribution in [0.5, 0.6) is 11.5 Å². The van der Waals surface area contributed by atoms with Crippen LogP contribution in [0.2, 0.25) is 5.02 Å². The fourth-order valence-electron chi connectivity index (χ4n) is 2.16. The lowest BCUT2D eigenvalue weighted by Gasteiger charge is -2.08. The highest BCUT2D eigenvalue weighted by Crippen LogP contribution is 2.20. The molecule has 0 bridgehead atoms. The fourth-order valence-corrected chi connectivity index (χ4v) is 2.34. The topological polar surface area (TPSA) is 89.0 Å². The van der Waals surface area contributed by atoms with Crippen LogP contribution in [0, 0.1) is 6.92 Å². The molecule has 2 N–H and O–H groups in total. The lowest BCUT2D eigenvalue weighted by atomic mass is 10.2. The van der Waals surface area contributed by atoms with Gasteiger partial charge < -0.3 is 14.8 Å². The van der Waals surface area contributed by atoms with Gasteiger partial charge in [0.25, 0.3) is 5.91 Å². The third-order valence-electron chi connectivity index (χ3n) is 3.67. The molecular formula is C20H22ClN3O4. The summed E-state index contributed by atoms with van der Waals surface area (Å²) in [5, 5.41) is 7.22. The van der Waals surface area contributed by atoms with Crippen LogP contribution in [0.4, 0.5) is 5.69 Å². The molecule has 0 aliphatic rings. The minimum atomic E-state index is -0.430. The summed E-state index contributed by atoms with van der Waals surface area (Å²) in [6.45, 7) is 3.33. The van der Waals surface area contributed by atoms with Gasteiger partial charge in [-0.1, -0.05) is 17.7 Å². The van der Waals surface area contributed by atoms with E-state index in [0.29, 0.717) is 27.9 Å². The van der Waals surface area contributed by atoms with E-state index in [2.05, 4.69) is 15.8 Å². The Morgan fingerprint density at radius 3 is 2.39 bits per heavy atom. The molecule has 2 aromatic carbocycles. The van der Waals surface area contributed by atoms with Crippen LogP contribution in [0.1, 0.15) is 18.9 Å². The van der Waals surface area contributed by atoms with Crippen LogP contribution in [-0.4, -0.2) is 31.2 Å². The second-order valence-corrected chi connectivity index (χ2v) is 6.44.